The van der Waals surface area contributed by atoms with Crippen molar-refractivity contribution in [3.63, 3.8) is 0 Å². The van der Waals surface area contributed by atoms with Gasteiger partial charge >= 0.3 is 0 Å². The Labute approximate surface area is 132 Å². The first-order valence-corrected chi connectivity index (χ1v) is 8.53. The van der Waals surface area contributed by atoms with Crippen LogP contribution < -0.4 is 5.32 Å². The van der Waals surface area contributed by atoms with Gasteiger partial charge in [-0.3, -0.25) is 4.68 Å². The van der Waals surface area contributed by atoms with Crippen LogP contribution in [-0.2, 0) is 13.0 Å². The molecule has 0 aliphatic heterocycles. The second-order valence-corrected chi connectivity index (χ2v) is 7.57. The largest absolute Gasteiger partial charge is 0.314 e. The molecule has 0 amide bonds. The van der Waals surface area contributed by atoms with Gasteiger partial charge in [0.2, 0.25) is 0 Å². The molecule has 1 heterocycles. The van der Waals surface area contributed by atoms with E-state index in [1.54, 1.807) is 0 Å². The summed E-state index contributed by atoms with van der Waals surface area (Å²) in [5, 5.41) is 8.30. The Morgan fingerprint density at radius 2 is 1.95 bits per heavy atom. The summed E-state index contributed by atoms with van der Waals surface area (Å²) < 4.78 is 3.31. The van der Waals surface area contributed by atoms with E-state index in [-0.39, 0.29) is 0 Å². The van der Waals surface area contributed by atoms with Gasteiger partial charge in [0.1, 0.15) is 0 Å². The maximum absolute atomic E-state index is 4.60. The average molecular weight is 344 g/mol. The van der Waals surface area contributed by atoms with Crippen LogP contribution in [0.1, 0.15) is 58.8 Å². The Kier molecular flexibility index (Phi) is 6.73. The van der Waals surface area contributed by atoms with Gasteiger partial charge in [-0.15, -0.1) is 0 Å². The fourth-order valence-corrected chi connectivity index (χ4v) is 3.05. The van der Waals surface area contributed by atoms with Crippen LogP contribution in [0.3, 0.4) is 0 Å². The van der Waals surface area contributed by atoms with E-state index in [4.69, 9.17) is 0 Å². The number of nitrogens with zero attached hydrogens (tertiary/aromatic N) is 2. The molecule has 0 saturated heterocycles. The van der Waals surface area contributed by atoms with Crippen LogP contribution >= 0.6 is 15.9 Å². The molecule has 1 N–H and O–H groups in total. The lowest BCUT2D eigenvalue weighted by Crippen LogP contribution is -2.36. The van der Waals surface area contributed by atoms with Gasteiger partial charge in [0.25, 0.3) is 0 Å². The Morgan fingerprint density at radius 3 is 2.45 bits per heavy atom. The highest BCUT2D eigenvalue weighted by molar-refractivity contribution is 9.10. The van der Waals surface area contributed by atoms with Gasteiger partial charge in [-0.2, -0.15) is 5.10 Å². The summed E-state index contributed by atoms with van der Waals surface area (Å²) in [7, 11) is 0. The molecule has 3 nitrogen and oxygen atoms in total. The molecule has 0 aliphatic rings. The van der Waals surface area contributed by atoms with Gasteiger partial charge in [-0.05, 0) is 54.6 Å². The molecule has 0 aliphatic carbocycles. The van der Waals surface area contributed by atoms with Gasteiger partial charge in [-0.1, -0.05) is 27.7 Å². The van der Waals surface area contributed by atoms with Crippen molar-refractivity contribution in [3.8, 4) is 0 Å². The monoisotopic (exact) mass is 343 g/mol. The predicted octanol–water partition coefficient (Wildman–Crippen LogP) is 4.32. The zero-order chi connectivity index (χ0) is 15.3. The first kappa shape index (κ1) is 17.7. The number of hydrogen-bond acceptors (Lipinski definition) is 2. The van der Waals surface area contributed by atoms with E-state index in [9.17, 15) is 0 Å². The van der Waals surface area contributed by atoms with Gasteiger partial charge in [0.15, 0.2) is 0 Å². The number of nitrogens with one attached hydrogen (secondary N) is 1. The van der Waals surface area contributed by atoms with Crippen molar-refractivity contribution in [2.45, 2.75) is 73.4 Å². The van der Waals surface area contributed by atoms with Crippen molar-refractivity contribution in [3.05, 3.63) is 15.9 Å². The first-order chi connectivity index (χ1) is 9.28. The van der Waals surface area contributed by atoms with Crippen molar-refractivity contribution >= 4 is 15.9 Å². The second-order valence-electron chi connectivity index (χ2n) is 6.78. The van der Waals surface area contributed by atoms with Crippen molar-refractivity contribution < 1.29 is 0 Å². The average Bonchev–Trinajstić information content (AvgIpc) is 2.61. The van der Waals surface area contributed by atoms with E-state index in [0.717, 1.165) is 25.2 Å². The third-order valence-electron chi connectivity index (χ3n) is 3.43. The maximum atomic E-state index is 4.60. The quantitative estimate of drug-likeness (QED) is 0.798. The highest BCUT2D eigenvalue weighted by atomic mass is 79.9. The zero-order valence-electron chi connectivity index (χ0n) is 13.9. The minimum Gasteiger partial charge on any atom is -0.314 e. The Balaban J connectivity index is 2.88. The highest BCUT2D eigenvalue weighted by Crippen LogP contribution is 2.26. The first-order valence-electron chi connectivity index (χ1n) is 7.73. The molecule has 0 fully saturated rings. The lowest BCUT2D eigenvalue weighted by molar-refractivity contribution is 0.303. The number of aromatic nitrogens is 2. The van der Waals surface area contributed by atoms with Crippen LogP contribution in [0.5, 0.6) is 0 Å². The highest BCUT2D eigenvalue weighted by Gasteiger charge is 2.22. The summed E-state index contributed by atoms with van der Waals surface area (Å²) in [4.78, 5) is 0. The summed E-state index contributed by atoms with van der Waals surface area (Å²) in [5.74, 6) is 0. The van der Waals surface area contributed by atoms with Crippen LogP contribution in [-0.4, -0.2) is 22.4 Å². The van der Waals surface area contributed by atoms with Crippen LogP contribution in [0.15, 0.2) is 4.47 Å². The smallest absolute Gasteiger partial charge is 0.0738 e. The topological polar surface area (TPSA) is 29.9 Å². The van der Waals surface area contributed by atoms with E-state index in [0.29, 0.717) is 11.5 Å². The van der Waals surface area contributed by atoms with E-state index in [2.05, 4.69) is 72.6 Å². The van der Waals surface area contributed by atoms with Crippen LogP contribution in [0.4, 0.5) is 0 Å². The molecule has 1 aromatic heterocycles. The maximum Gasteiger partial charge on any atom is 0.0738 e. The van der Waals surface area contributed by atoms with Crippen LogP contribution in [0, 0.1) is 12.3 Å². The van der Waals surface area contributed by atoms with E-state index in [1.807, 2.05) is 0 Å². The molecular formula is C16H30BrN3. The third-order valence-corrected chi connectivity index (χ3v) is 4.47. The van der Waals surface area contributed by atoms with Crippen LogP contribution in [0.25, 0.3) is 0 Å². The molecule has 4 heteroatoms. The Bertz CT molecular complexity index is 418. The second kappa shape index (κ2) is 7.60. The van der Waals surface area contributed by atoms with Gasteiger partial charge < -0.3 is 5.32 Å². The molecule has 1 rings (SSSR count). The SMILES string of the molecule is CCCNC(Cc1c(Br)c(C)nn1CC)CC(C)(C)C. The summed E-state index contributed by atoms with van der Waals surface area (Å²) >= 11 is 3.71. The number of hydrogen-bond donors (Lipinski definition) is 1. The van der Waals surface area contributed by atoms with Crippen molar-refractivity contribution in [1.82, 2.24) is 15.1 Å². The Morgan fingerprint density at radius 1 is 1.30 bits per heavy atom. The molecule has 0 spiro atoms. The number of aryl methyl sites for hydroxylation is 2. The van der Waals surface area contributed by atoms with Crippen molar-refractivity contribution in [2.24, 2.45) is 5.41 Å². The minimum atomic E-state index is 0.337. The van der Waals surface area contributed by atoms with Crippen molar-refractivity contribution in [2.75, 3.05) is 6.54 Å². The third kappa shape index (κ3) is 5.21. The van der Waals surface area contributed by atoms with Gasteiger partial charge in [0.05, 0.1) is 15.9 Å². The summed E-state index contributed by atoms with van der Waals surface area (Å²) in [6.45, 7) is 15.4. The molecular weight excluding hydrogens is 314 g/mol. The number of halogens is 1. The molecule has 1 unspecified atom stereocenters. The molecule has 1 aromatic rings. The van der Waals surface area contributed by atoms with Gasteiger partial charge in [-0.25, -0.2) is 0 Å². The molecule has 0 aromatic carbocycles. The van der Waals surface area contributed by atoms with Crippen molar-refractivity contribution in [1.29, 1.82) is 0 Å². The van der Waals surface area contributed by atoms with E-state index < -0.39 is 0 Å². The molecule has 0 bridgehead atoms. The lowest BCUT2D eigenvalue weighted by Gasteiger charge is -2.27. The standard InChI is InChI=1S/C16H30BrN3/c1-7-9-18-13(11-16(4,5)6)10-14-15(17)12(3)19-20(14)8-2/h13,18H,7-11H2,1-6H3. The summed E-state index contributed by atoms with van der Waals surface area (Å²) in [6, 6.07) is 0.507. The van der Waals surface area contributed by atoms with Gasteiger partial charge in [0, 0.05) is 19.0 Å². The fraction of sp³-hybridized carbons (Fsp3) is 0.812. The molecule has 0 saturated carbocycles. The molecule has 20 heavy (non-hydrogen) atoms. The summed E-state index contributed by atoms with van der Waals surface area (Å²) in [6.07, 6.45) is 3.38. The van der Waals surface area contributed by atoms with E-state index in [1.165, 1.54) is 23.0 Å². The lowest BCUT2D eigenvalue weighted by atomic mass is 9.86. The Hall–Kier alpha value is -0.350. The van der Waals surface area contributed by atoms with E-state index >= 15 is 0 Å². The summed E-state index contributed by atoms with van der Waals surface area (Å²) in [5.41, 5.74) is 2.75. The zero-order valence-corrected chi connectivity index (χ0v) is 15.5. The molecule has 116 valence electrons. The molecule has 1 atom stereocenters. The molecule has 0 radical (unpaired) electrons. The minimum absolute atomic E-state index is 0.337. The number of rotatable bonds is 7. The predicted molar refractivity (Wildman–Crippen MR) is 90.2 cm³/mol. The fourth-order valence-electron chi connectivity index (χ4n) is 2.60. The van der Waals surface area contributed by atoms with Crippen LogP contribution in [0.2, 0.25) is 0 Å². The normalized spacial score (nSPS) is 13.8.